The van der Waals surface area contributed by atoms with E-state index in [2.05, 4.69) is 10.3 Å². The van der Waals surface area contributed by atoms with Gasteiger partial charge in [-0.15, -0.1) is 0 Å². The number of ether oxygens (including phenoxy) is 4. The highest BCUT2D eigenvalue weighted by atomic mass is 19.1. The fourth-order valence-corrected chi connectivity index (χ4v) is 3.55. The molecule has 1 amide bonds. The summed E-state index contributed by atoms with van der Waals surface area (Å²) in [6.45, 7) is 3.47. The highest BCUT2D eigenvalue weighted by Crippen LogP contribution is 2.30. The van der Waals surface area contributed by atoms with Crippen molar-refractivity contribution in [1.82, 2.24) is 10.3 Å². The van der Waals surface area contributed by atoms with Crippen molar-refractivity contribution in [3.63, 3.8) is 0 Å². The molecule has 1 fully saturated rings. The van der Waals surface area contributed by atoms with Gasteiger partial charge in [-0.05, 0) is 31.0 Å². The molecule has 0 radical (unpaired) electrons. The molecular weight excluding hydrogens is 447 g/mol. The van der Waals surface area contributed by atoms with E-state index in [1.54, 1.807) is 19.1 Å². The van der Waals surface area contributed by atoms with Gasteiger partial charge in [0.1, 0.15) is 18.0 Å². The van der Waals surface area contributed by atoms with Crippen LogP contribution in [0.15, 0.2) is 36.5 Å². The summed E-state index contributed by atoms with van der Waals surface area (Å²) in [5.74, 6) is -2.48. The van der Waals surface area contributed by atoms with Crippen LogP contribution in [0.1, 0.15) is 36.3 Å². The Kier molecular flexibility index (Phi) is 8.53. The van der Waals surface area contributed by atoms with Crippen molar-refractivity contribution in [2.24, 2.45) is 5.92 Å². The number of amides is 1. The lowest BCUT2D eigenvalue weighted by Crippen LogP contribution is -2.44. The highest BCUT2D eigenvalue weighted by Gasteiger charge is 2.31. The van der Waals surface area contributed by atoms with E-state index in [9.17, 15) is 18.8 Å². The van der Waals surface area contributed by atoms with E-state index in [1.165, 1.54) is 38.4 Å². The van der Waals surface area contributed by atoms with Crippen LogP contribution < -0.4 is 14.8 Å². The number of nitrogens with zero attached hydrogens (tertiary/aromatic N) is 1. The first-order chi connectivity index (χ1) is 16.3. The van der Waals surface area contributed by atoms with Gasteiger partial charge in [-0.1, -0.05) is 12.1 Å². The van der Waals surface area contributed by atoms with Crippen molar-refractivity contribution in [2.45, 2.75) is 38.8 Å². The standard InChI is InChI=1S/C24H27FN2O7/c1-14-17(12-16-4-6-18(25)7-5-16)13-32-11-9-19(24(30)33-14)27-23(29)21-22(34-15(2)28)20(31-3)8-10-26-21/h4-8,10,14,17,19H,9,11-13H2,1-3H3,(H,27,29)/t14-,17+,19-/m0/s1. The summed E-state index contributed by atoms with van der Waals surface area (Å²) in [5.41, 5.74) is 0.689. The third kappa shape index (κ3) is 6.50. The minimum Gasteiger partial charge on any atom is -0.493 e. The number of rotatable bonds is 6. The molecule has 182 valence electrons. The first-order valence-electron chi connectivity index (χ1n) is 10.8. The molecule has 1 saturated heterocycles. The Morgan fingerprint density at radius 1 is 1.24 bits per heavy atom. The Morgan fingerprint density at radius 3 is 2.65 bits per heavy atom. The molecule has 0 bridgehead atoms. The minimum absolute atomic E-state index is 0.143. The largest absolute Gasteiger partial charge is 0.493 e. The van der Waals surface area contributed by atoms with Crippen LogP contribution in [0.3, 0.4) is 0 Å². The Hall–Kier alpha value is -3.53. The molecule has 0 spiro atoms. The third-order valence-electron chi connectivity index (χ3n) is 5.40. The molecule has 0 saturated carbocycles. The van der Waals surface area contributed by atoms with Gasteiger partial charge in [-0.2, -0.15) is 0 Å². The number of hydrogen-bond donors (Lipinski definition) is 1. The Morgan fingerprint density at radius 2 is 1.97 bits per heavy atom. The van der Waals surface area contributed by atoms with Crippen molar-refractivity contribution in [1.29, 1.82) is 0 Å². The van der Waals surface area contributed by atoms with Crippen LogP contribution in [0.2, 0.25) is 0 Å². The Balaban J connectivity index is 1.72. The highest BCUT2D eigenvalue weighted by molar-refractivity contribution is 5.98. The number of halogens is 1. The second kappa shape index (κ2) is 11.6. The maximum absolute atomic E-state index is 13.2. The molecule has 0 aliphatic carbocycles. The van der Waals surface area contributed by atoms with Crippen LogP contribution in [0.4, 0.5) is 4.39 Å². The number of carbonyl (C=O) groups is 3. The fourth-order valence-electron chi connectivity index (χ4n) is 3.55. The van der Waals surface area contributed by atoms with Gasteiger partial charge in [-0.25, -0.2) is 14.2 Å². The van der Waals surface area contributed by atoms with Crippen LogP contribution in [0.25, 0.3) is 0 Å². The lowest BCUT2D eigenvalue weighted by atomic mass is 9.95. The van der Waals surface area contributed by atoms with Gasteiger partial charge < -0.3 is 24.3 Å². The number of cyclic esters (lactones) is 1. The lowest BCUT2D eigenvalue weighted by Gasteiger charge is -2.24. The molecule has 3 rings (SSSR count). The van der Waals surface area contributed by atoms with E-state index in [-0.39, 0.29) is 42.0 Å². The van der Waals surface area contributed by atoms with Gasteiger partial charge in [0, 0.05) is 38.1 Å². The van der Waals surface area contributed by atoms with E-state index >= 15 is 0 Å². The lowest BCUT2D eigenvalue weighted by molar-refractivity contribution is -0.153. The van der Waals surface area contributed by atoms with E-state index in [4.69, 9.17) is 18.9 Å². The van der Waals surface area contributed by atoms with Gasteiger partial charge in [-0.3, -0.25) is 9.59 Å². The molecule has 0 unspecified atom stereocenters. The monoisotopic (exact) mass is 474 g/mol. The summed E-state index contributed by atoms with van der Waals surface area (Å²) in [5, 5.41) is 2.59. The zero-order valence-corrected chi connectivity index (χ0v) is 19.2. The quantitative estimate of drug-likeness (QED) is 0.636. The normalized spacial score (nSPS) is 20.8. The zero-order chi connectivity index (χ0) is 24.7. The van der Waals surface area contributed by atoms with Crippen LogP contribution in [0, 0.1) is 11.7 Å². The molecule has 2 aromatic rings. The van der Waals surface area contributed by atoms with Crippen molar-refractivity contribution in [2.75, 3.05) is 20.3 Å². The molecular formula is C24H27FN2O7. The predicted octanol–water partition coefficient (Wildman–Crippen LogP) is 2.46. The Labute approximate surface area is 196 Å². The number of nitrogens with one attached hydrogen (secondary N) is 1. The van der Waals surface area contributed by atoms with Gasteiger partial charge in [0.05, 0.1) is 13.7 Å². The van der Waals surface area contributed by atoms with Crippen LogP contribution in [-0.2, 0) is 25.5 Å². The summed E-state index contributed by atoms with van der Waals surface area (Å²) in [6.07, 6.45) is 1.52. The second-order valence-electron chi connectivity index (χ2n) is 7.91. The molecule has 9 nitrogen and oxygen atoms in total. The number of benzene rings is 1. The van der Waals surface area contributed by atoms with Crippen LogP contribution >= 0.6 is 0 Å². The average molecular weight is 474 g/mol. The van der Waals surface area contributed by atoms with Crippen LogP contribution in [-0.4, -0.2) is 55.3 Å². The predicted molar refractivity (Wildman–Crippen MR) is 118 cm³/mol. The molecule has 1 aliphatic rings. The first-order valence-corrected chi connectivity index (χ1v) is 10.8. The van der Waals surface area contributed by atoms with Gasteiger partial charge in [0.15, 0.2) is 11.4 Å². The number of methoxy groups -OCH3 is 1. The molecule has 10 heteroatoms. The van der Waals surface area contributed by atoms with E-state index in [1.807, 2.05) is 0 Å². The molecule has 3 atom stereocenters. The van der Waals surface area contributed by atoms with Gasteiger partial charge >= 0.3 is 11.9 Å². The maximum Gasteiger partial charge on any atom is 0.329 e. The minimum atomic E-state index is -1.00. The third-order valence-corrected chi connectivity index (χ3v) is 5.40. The van der Waals surface area contributed by atoms with E-state index < -0.39 is 30.0 Å². The molecule has 2 heterocycles. The van der Waals surface area contributed by atoms with E-state index in [0.717, 1.165) is 5.56 Å². The molecule has 1 aromatic heterocycles. The SMILES string of the molecule is COc1ccnc(C(=O)N[C@H]2CCOC[C@@H](Cc3ccc(F)cc3)[C@H](C)OC2=O)c1OC(C)=O. The van der Waals surface area contributed by atoms with Crippen molar-refractivity contribution >= 4 is 17.8 Å². The van der Waals surface area contributed by atoms with Crippen LogP contribution in [0.5, 0.6) is 11.5 Å². The van der Waals surface area contributed by atoms with Crippen molar-refractivity contribution in [3.8, 4) is 11.5 Å². The fraction of sp³-hybridized carbons (Fsp3) is 0.417. The average Bonchev–Trinajstić information content (AvgIpc) is 2.86. The molecule has 1 aliphatic heterocycles. The van der Waals surface area contributed by atoms with E-state index in [0.29, 0.717) is 13.0 Å². The summed E-state index contributed by atoms with van der Waals surface area (Å²) >= 11 is 0. The number of pyridine rings is 1. The van der Waals surface area contributed by atoms with Gasteiger partial charge in [0.25, 0.3) is 5.91 Å². The second-order valence-corrected chi connectivity index (χ2v) is 7.91. The molecule has 34 heavy (non-hydrogen) atoms. The first kappa shape index (κ1) is 25.1. The summed E-state index contributed by atoms with van der Waals surface area (Å²) < 4.78 is 34.8. The zero-order valence-electron chi connectivity index (χ0n) is 19.2. The smallest absolute Gasteiger partial charge is 0.329 e. The van der Waals surface area contributed by atoms with Crippen molar-refractivity contribution < 1.29 is 37.7 Å². The number of carbonyl (C=O) groups excluding carboxylic acids is 3. The topological polar surface area (TPSA) is 113 Å². The molecule has 1 N–H and O–H groups in total. The summed E-state index contributed by atoms with van der Waals surface area (Å²) in [6, 6.07) is 6.56. The van der Waals surface area contributed by atoms with Crippen molar-refractivity contribution in [3.05, 3.63) is 53.6 Å². The Bertz CT molecular complexity index is 1030. The summed E-state index contributed by atoms with van der Waals surface area (Å²) in [4.78, 5) is 41.3. The molecule has 1 aromatic carbocycles. The number of aromatic nitrogens is 1. The van der Waals surface area contributed by atoms with Gasteiger partial charge in [0.2, 0.25) is 5.75 Å². The maximum atomic E-state index is 13.2. The number of esters is 2. The number of hydrogen-bond acceptors (Lipinski definition) is 8. The summed E-state index contributed by atoms with van der Waals surface area (Å²) in [7, 11) is 1.36.